The highest BCUT2D eigenvalue weighted by atomic mass is 35.5. The molecule has 104 valence electrons. The van der Waals surface area contributed by atoms with Crippen molar-refractivity contribution >= 4 is 17.5 Å². The SMILES string of the molecule is CC1CCCC(O)(CNC(=O)c2cnc(Cl)cn2)C1. The fourth-order valence-corrected chi connectivity index (χ4v) is 2.66. The van der Waals surface area contributed by atoms with Crippen LogP contribution in [0.3, 0.4) is 0 Å². The van der Waals surface area contributed by atoms with Crippen LogP contribution in [-0.4, -0.2) is 33.1 Å². The lowest BCUT2D eigenvalue weighted by Gasteiger charge is -2.35. The van der Waals surface area contributed by atoms with Crippen molar-refractivity contribution in [1.29, 1.82) is 0 Å². The Morgan fingerprint density at radius 1 is 1.58 bits per heavy atom. The van der Waals surface area contributed by atoms with Crippen LogP contribution in [0.5, 0.6) is 0 Å². The lowest BCUT2D eigenvalue weighted by Crippen LogP contribution is -2.45. The molecule has 2 atom stereocenters. The molecule has 5 nitrogen and oxygen atoms in total. The van der Waals surface area contributed by atoms with Gasteiger partial charge in [-0.25, -0.2) is 9.97 Å². The number of hydrogen-bond acceptors (Lipinski definition) is 4. The van der Waals surface area contributed by atoms with E-state index in [1.54, 1.807) is 0 Å². The zero-order valence-corrected chi connectivity index (χ0v) is 11.7. The van der Waals surface area contributed by atoms with Crippen LogP contribution in [0.15, 0.2) is 12.4 Å². The van der Waals surface area contributed by atoms with Gasteiger partial charge in [-0.2, -0.15) is 0 Å². The summed E-state index contributed by atoms with van der Waals surface area (Å²) < 4.78 is 0. The minimum absolute atomic E-state index is 0.205. The molecule has 0 radical (unpaired) electrons. The molecule has 1 aromatic rings. The van der Waals surface area contributed by atoms with Crippen LogP contribution in [0.1, 0.15) is 43.1 Å². The van der Waals surface area contributed by atoms with Crippen molar-refractivity contribution in [2.75, 3.05) is 6.54 Å². The van der Waals surface area contributed by atoms with Crippen molar-refractivity contribution < 1.29 is 9.90 Å². The van der Waals surface area contributed by atoms with E-state index < -0.39 is 5.60 Å². The van der Waals surface area contributed by atoms with Crippen molar-refractivity contribution in [1.82, 2.24) is 15.3 Å². The van der Waals surface area contributed by atoms with Gasteiger partial charge in [0.1, 0.15) is 10.8 Å². The van der Waals surface area contributed by atoms with Gasteiger partial charge in [0.25, 0.3) is 5.91 Å². The molecule has 0 aliphatic heterocycles. The van der Waals surface area contributed by atoms with Gasteiger partial charge in [-0.3, -0.25) is 4.79 Å². The molecule has 1 aromatic heterocycles. The maximum absolute atomic E-state index is 11.9. The number of nitrogens with zero attached hydrogens (tertiary/aromatic N) is 2. The Kier molecular flexibility index (Phi) is 4.37. The van der Waals surface area contributed by atoms with Gasteiger partial charge in [0.2, 0.25) is 0 Å². The Labute approximate surface area is 117 Å². The van der Waals surface area contributed by atoms with Gasteiger partial charge in [-0.05, 0) is 18.8 Å². The number of aliphatic hydroxyl groups is 1. The molecule has 1 heterocycles. The first-order chi connectivity index (χ1) is 8.98. The third-order valence-corrected chi connectivity index (χ3v) is 3.69. The molecule has 0 bridgehead atoms. The summed E-state index contributed by atoms with van der Waals surface area (Å²) in [5.74, 6) is 0.154. The van der Waals surface area contributed by atoms with E-state index in [9.17, 15) is 9.90 Å². The summed E-state index contributed by atoms with van der Waals surface area (Å²) in [5, 5.41) is 13.4. The number of nitrogens with one attached hydrogen (secondary N) is 1. The van der Waals surface area contributed by atoms with Crippen LogP contribution >= 0.6 is 11.6 Å². The Morgan fingerprint density at radius 3 is 3.00 bits per heavy atom. The normalized spacial score (nSPS) is 27.0. The fourth-order valence-electron chi connectivity index (χ4n) is 2.56. The highest BCUT2D eigenvalue weighted by Gasteiger charge is 2.32. The second kappa shape index (κ2) is 5.84. The molecule has 0 aromatic carbocycles. The number of amides is 1. The van der Waals surface area contributed by atoms with Crippen molar-refractivity contribution in [3.63, 3.8) is 0 Å². The van der Waals surface area contributed by atoms with Gasteiger partial charge in [-0.15, -0.1) is 0 Å². The van der Waals surface area contributed by atoms with Crippen LogP contribution < -0.4 is 5.32 Å². The molecule has 1 aliphatic rings. The van der Waals surface area contributed by atoms with Crippen LogP contribution in [0, 0.1) is 5.92 Å². The highest BCUT2D eigenvalue weighted by Crippen LogP contribution is 2.31. The van der Waals surface area contributed by atoms with Crippen LogP contribution in [0.25, 0.3) is 0 Å². The summed E-state index contributed by atoms with van der Waals surface area (Å²) in [6.45, 7) is 2.37. The van der Waals surface area contributed by atoms with E-state index >= 15 is 0 Å². The molecular formula is C13H18ClN3O2. The molecule has 0 spiro atoms. The predicted octanol–water partition coefficient (Wildman–Crippen LogP) is 1.80. The molecule has 1 amide bonds. The average Bonchev–Trinajstić information content (AvgIpc) is 2.37. The predicted molar refractivity (Wildman–Crippen MR) is 72.0 cm³/mol. The summed E-state index contributed by atoms with van der Waals surface area (Å²) in [5.41, 5.74) is -0.593. The number of aromatic nitrogens is 2. The average molecular weight is 284 g/mol. The first-order valence-corrected chi connectivity index (χ1v) is 6.84. The number of carbonyl (C=O) groups is 1. The molecule has 0 saturated heterocycles. The summed E-state index contributed by atoms with van der Waals surface area (Å²) in [7, 11) is 0. The van der Waals surface area contributed by atoms with Crippen molar-refractivity contribution in [3.05, 3.63) is 23.2 Å². The van der Waals surface area contributed by atoms with Gasteiger partial charge < -0.3 is 10.4 Å². The number of hydrogen-bond donors (Lipinski definition) is 2. The molecule has 2 rings (SSSR count). The molecule has 2 unspecified atom stereocenters. The molecule has 1 aliphatic carbocycles. The van der Waals surface area contributed by atoms with Gasteiger partial charge in [0.05, 0.1) is 18.0 Å². The fraction of sp³-hybridized carbons (Fsp3) is 0.615. The number of rotatable bonds is 3. The summed E-state index contributed by atoms with van der Waals surface area (Å²) >= 11 is 5.61. The largest absolute Gasteiger partial charge is 0.388 e. The molecular weight excluding hydrogens is 266 g/mol. The van der Waals surface area contributed by atoms with E-state index in [1.165, 1.54) is 12.4 Å². The first kappa shape index (κ1) is 14.2. The smallest absolute Gasteiger partial charge is 0.271 e. The van der Waals surface area contributed by atoms with E-state index in [0.29, 0.717) is 5.92 Å². The first-order valence-electron chi connectivity index (χ1n) is 6.47. The van der Waals surface area contributed by atoms with Crippen molar-refractivity contribution in [2.45, 2.75) is 38.2 Å². The summed E-state index contributed by atoms with van der Waals surface area (Å²) in [6.07, 6.45) is 6.23. The van der Waals surface area contributed by atoms with Crippen molar-refractivity contribution in [2.24, 2.45) is 5.92 Å². The lowest BCUT2D eigenvalue weighted by molar-refractivity contribution is -0.0109. The quantitative estimate of drug-likeness (QED) is 0.887. The third kappa shape index (κ3) is 3.88. The van der Waals surface area contributed by atoms with Crippen molar-refractivity contribution in [3.8, 4) is 0 Å². The zero-order valence-electron chi connectivity index (χ0n) is 10.9. The van der Waals surface area contributed by atoms with E-state index in [-0.39, 0.29) is 23.3 Å². The molecule has 1 saturated carbocycles. The van der Waals surface area contributed by atoms with Gasteiger partial charge in [-0.1, -0.05) is 31.4 Å². The number of carbonyl (C=O) groups excluding carboxylic acids is 1. The maximum atomic E-state index is 11.9. The Hall–Kier alpha value is -1.20. The Balaban J connectivity index is 1.91. The second-order valence-corrected chi connectivity index (χ2v) is 5.72. The minimum atomic E-state index is -0.798. The molecule has 6 heteroatoms. The van der Waals surface area contributed by atoms with E-state index in [1.807, 2.05) is 0 Å². The van der Waals surface area contributed by atoms with Crippen LogP contribution in [0.4, 0.5) is 0 Å². The number of halogens is 1. The maximum Gasteiger partial charge on any atom is 0.271 e. The third-order valence-electron chi connectivity index (χ3n) is 3.50. The topological polar surface area (TPSA) is 75.1 Å². The Bertz CT molecular complexity index is 452. The minimum Gasteiger partial charge on any atom is -0.388 e. The summed E-state index contributed by atoms with van der Waals surface area (Å²) in [4.78, 5) is 19.6. The molecule has 1 fully saturated rings. The second-order valence-electron chi connectivity index (χ2n) is 5.33. The highest BCUT2D eigenvalue weighted by molar-refractivity contribution is 6.29. The van der Waals surface area contributed by atoms with Crippen LogP contribution in [-0.2, 0) is 0 Å². The van der Waals surface area contributed by atoms with E-state index in [4.69, 9.17) is 11.6 Å². The van der Waals surface area contributed by atoms with Gasteiger partial charge in [0, 0.05) is 6.54 Å². The van der Waals surface area contributed by atoms with E-state index in [2.05, 4.69) is 22.2 Å². The monoisotopic (exact) mass is 283 g/mol. The Morgan fingerprint density at radius 2 is 2.37 bits per heavy atom. The standard InChI is InChI=1S/C13H18ClN3O2/c1-9-3-2-4-13(19,5-9)8-17-12(18)10-6-16-11(14)7-15-10/h6-7,9,19H,2-5,8H2,1H3,(H,17,18). The lowest BCUT2D eigenvalue weighted by atomic mass is 9.79. The van der Waals surface area contributed by atoms with Crippen LogP contribution in [0.2, 0.25) is 5.15 Å². The van der Waals surface area contributed by atoms with E-state index in [0.717, 1.165) is 25.7 Å². The van der Waals surface area contributed by atoms with Gasteiger partial charge in [0.15, 0.2) is 0 Å². The molecule has 2 N–H and O–H groups in total. The summed E-state index contributed by atoms with van der Waals surface area (Å²) in [6, 6.07) is 0. The van der Waals surface area contributed by atoms with Gasteiger partial charge >= 0.3 is 0 Å². The zero-order chi connectivity index (χ0) is 13.9. The molecule has 19 heavy (non-hydrogen) atoms.